The van der Waals surface area contributed by atoms with Gasteiger partial charge in [0, 0.05) is 0 Å². The highest BCUT2D eigenvalue weighted by Gasteiger charge is 2.26. The fourth-order valence-corrected chi connectivity index (χ4v) is 4.57. The van der Waals surface area contributed by atoms with Gasteiger partial charge in [0.1, 0.15) is 5.75 Å². The lowest BCUT2D eigenvalue weighted by Crippen LogP contribution is -2.21. The molecule has 0 amide bonds. The molecule has 0 spiro atoms. The van der Waals surface area contributed by atoms with E-state index in [0.29, 0.717) is 0 Å². The number of methoxy groups -OCH3 is 1. The zero-order chi connectivity index (χ0) is 17.5. The quantitative estimate of drug-likeness (QED) is 0.484. The van der Waals surface area contributed by atoms with E-state index < -0.39 is 0 Å². The summed E-state index contributed by atoms with van der Waals surface area (Å²) in [6, 6.07) is 8.43. The molecule has 1 unspecified atom stereocenters. The Morgan fingerprint density at radius 2 is 1.76 bits per heavy atom. The molecule has 136 valence electrons. The minimum absolute atomic E-state index is 0.763. The van der Waals surface area contributed by atoms with Crippen molar-refractivity contribution in [1.29, 1.82) is 0 Å². The van der Waals surface area contributed by atoms with Crippen LogP contribution in [-0.2, 0) is 0 Å². The molecule has 0 heterocycles. The van der Waals surface area contributed by atoms with Gasteiger partial charge in [-0.15, -0.1) is 0 Å². The molecule has 1 nitrogen and oxygen atoms in total. The van der Waals surface area contributed by atoms with Gasteiger partial charge < -0.3 is 4.74 Å². The molecule has 0 radical (unpaired) electrons. The maximum absolute atomic E-state index is 5.25. The second kappa shape index (κ2) is 9.27. The van der Waals surface area contributed by atoms with E-state index >= 15 is 0 Å². The smallest absolute Gasteiger partial charge is 0.118 e. The van der Waals surface area contributed by atoms with Crippen molar-refractivity contribution in [3.63, 3.8) is 0 Å². The first kappa shape index (κ1) is 18.3. The molecular weight excluding hydrogens is 304 g/mol. The number of allylic oxidation sites excluding steroid dienone is 4. The van der Waals surface area contributed by atoms with Crippen molar-refractivity contribution in [3.05, 3.63) is 48.1 Å². The van der Waals surface area contributed by atoms with Crippen LogP contribution >= 0.6 is 0 Å². The molecule has 1 saturated carbocycles. The Bertz CT molecular complexity index is 573. The van der Waals surface area contributed by atoms with E-state index in [1.807, 2.05) is 0 Å². The molecule has 1 aromatic carbocycles. The highest BCUT2D eigenvalue weighted by Crippen LogP contribution is 2.39. The number of hydrogen-bond acceptors (Lipinski definition) is 1. The number of hydrogen-bond donors (Lipinski definition) is 0. The maximum Gasteiger partial charge on any atom is 0.118 e. The van der Waals surface area contributed by atoms with Gasteiger partial charge in [0.2, 0.25) is 0 Å². The van der Waals surface area contributed by atoms with Crippen molar-refractivity contribution >= 4 is 5.57 Å². The standard InChI is InChI=1S/C24H34O/c1-3-4-5-6-19-7-9-20(10-8-19)21-11-13-22(14-12-21)23-15-17-24(25-2)18-16-23/h11,13-21H,3-10,12H2,1-2H3/t19-,20-,21?. The van der Waals surface area contributed by atoms with Gasteiger partial charge in [0.05, 0.1) is 7.11 Å². The predicted octanol–water partition coefficient (Wildman–Crippen LogP) is 7.04. The number of unbranched alkanes of at least 4 members (excludes halogenated alkanes) is 2. The second-order valence-electron chi connectivity index (χ2n) is 7.92. The van der Waals surface area contributed by atoms with E-state index in [0.717, 1.165) is 23.5 Å². The average Bonchev–Trinajstić information content (AvgIpc) is 2.69. The molecule has 1 aromatic rings. The fraction of sp³-hybridized carbons (Fsp3) is 0.583. The highest BCUT2D eigenvalue weighted by molar-refractivity contribution is 5.75. The predicted molar refractivity (Wildman–Crippen MR) is 108 cm³/mol. The molecule has 0 bridgehead atoms. The number of rotatable bonds is 7. The van der Waals surface area contributed by atoms with Crippen LogP contribution in [0.4, 0.5) is 0 Å². The Morgan fingerprint density at radius 3 is 2.36 bits per heavy atom. The molecular formula is C24H34O. The molecule has 2 aliphatic carbocycles. The molecule has 0 saturated heterocycles. The van der Waals surface area contributed by atoms with Crippen molar-refractivity contribution in [2.24, 2.45) is 17.8 Å². The first-order valence-corrected chi connectivity index (χ1v) is 10.3. The number of ether oxygens (including phenoxy) is 1. The Labute approximate surface area is 154 Å². The summed E-state index contributed by atoms with van der Waals surface area (Å²) in [5.74, 6) is 3.62. The normalized spacial score (nSPS) is 26.3. The lowest BCUT2D eigenvalue weighted by Gasteiger charge is -2.33. The van der Waals surface area contributed by atoms with E-state index in [4.69, 9.17) is 4.74 Å². The van der Waals surface area contributed by atoms with Crippen LogP contribution in [0.1, 0.15) is 70.3 Å². The summed E-state index contributed by atoms with van der Waals surface area (Å²) in [6.07, 6.45) is 20.0. The molecule has 25 heavy (non-hydrogen) atoms. The van der Waals surface area contributed by atoms with Gasteiger partial charge in [0.15, 0.2) is 0 Å². The van der Waals surface area contributed by atoms with Crippen LogP contribution in [-0.4, -0.2) is 7.11 Å². The monoisotopic (exact) mass is 338 g/mol. The third kappa shape index (κ3) is 5.00. The van der Waals surface area contributed by atoms with E-state index in [2.05, 4.69) is 49.4 Å². The van der Waals surface area contributed by atoms with Crippen LogP contribution in [0.3, 0.4) is 0 Å². The molecule has 2 aliphatic rings. The summed E-state index contributed by atoms with van der Waals surface area (Å²) >= 11 is 0. The Balaban J connectivity index is 1.47. The second-order valence-corrected chi connectivity index (χ2v) is 7.92. The maximum atomic E-state index is 5.25. The minimum Gasteiger partial charge on any atom is -0.497 e. The van der Waals surface area contributed by atoms with E-state index in [9.17, 15) is 0 Å². The molecule has 1 atom stereocenters. The van der Waals surface area contributed by atoms with Gasteiger partial charge >= 0.3 is 0 Å². The third-order valence-corrected chi connectivity index (χ3v) is 6.27. The summed E-state index contributed by atoms with van der Waals surface area (Å²) in [5, 5.41) is 0. The van der Waals surface area contributed by atoms with Crippen molar-refractivity contribution in [1.82, 2.24) is 0 Å². The van der Waals surface area contributed by atoms with Crippen molar-refractivity contribution in [2.75, 3.05) is 7.11 Å². The Kier molecular flexibility index (Phi) is 6.78. The first-order chi connectivity index (χ1) is 12.3. The topological polar surface area (TPSA) is 9.23 Å². The molecule has 0 aromatic heterocycles. The van der Waals surface area contributed by atoms with Gasteiger partial charge in [-0.05, 0) is 60.3 Å². The van der Waals surface area contributed by atoms with E-state index in [1.54, 1.807) is 7.11 Å². The lowest BCUT2D eigenvalue weighted by atomic mass is 9.72. The Hall–Kier alpha value is -1.50. The van der Waals surface area contributed by atoms with Gasteiger partial charge in [0.25, 0.3) is 0 Å². The fourth-order valence-electron chi connectivity index (χ4n) is 4.57. The summed E-state index contributed by atoms with van der Waals surface area (Å²) < 4.78 is 5.25. The Morgan fingerprint density at radius 1 is 1.00 bits per heavy atom. The van der Waals surface area contributed by atoms with Crippen molar-refractivity contribution in [3.8, 4) is 5.75 Å². The highest BCUT2D eigenvalue weighted by atomic mass is 16.5. The van der Waals surface area contributed by atoms with Gasteiger partial charge in [-0.1, -0.05) is 75.8 Å². The summed E-state index contributed by atoms with van der Waals surface area (Å²) in [6.45, 7) is 2.31. The number of benzene rings is 1. The zero-order valence-corrected chi connectivity index (χ0v) is 16.0. The molecule has 0 aliphatic heterocycles. The van der Waals surface area contributed by atoms with Crippen LogP contribution in [0, 0.1) is 17.8 Å². The zero-order valence-electron chi connectivity index (χ0n) is 16.0. The molecule has 1 heteroatoms. The van der Waals surface area contributed by atoms with Crippen LogP contribution in [0.15, 0.2) is 42.5 Å². The molecule has 0 N–H and O–H groups in total. The molecule has 1 fully saturated rings. The summed E-state index contributed by atoms with van der Waals surface area (Å²) in [4.78, 5) is 0. The van der Waals surface area contributed by atoms with E-state index in [1.165, 1.54) is 68.9 Å². The average molecular weight is 339 g/mol. The van der Waals surface area contributed by atoms with Crippen LogP contribution in [0.25, 0.3) is 5.57 Å². The summed E-state index contributed by atoms with van der Waals surface area (Å²) in [5.41, 5.74) is 2.67. The van der Waals surface area contributed by atoms with E-state index in [-0.39, 0.29) is 0 Å². The van der Waals surface area contributed by atoms with Gasteiger partial charge in [-0.25, -0.2) is 0 Å². The summed E-state index contributed by atoms with van der Waals surface area (Å²) in [7, 11) is 1.72. The molecule has 3 rings (SSSR count). The third-order valence-electron chi connectivity index (χ3n) is 6.27. The SMILES string of the molecule is CCCCC[C@H]1CC[C@H](C2C=CC(c3ccc(OC)cc3)=CC2)CC1. The van der Waals surface area contributed by atoms with Crippen molar-refractivity contribution < 1.29 is 4.74 Å². The van der Waals surface area contributed by atoms with Crippen LogP contribution in [0.5, 0.6) is 5.75 Å². The first-order valence-electron chi connectivity index (χ1n) is 10.3. The minimum atomic E-state index is 0.763. The lowest BCUT2D eigenvalue weighted by molar-refractivity contribution is 0.219. The van der Waals surface area contributed by atoms with Crippen molar-refractivity contribution in [2.45, 2.75) is 64.7 Å². The van der Waals surface area contributed by atoms with Gasteiger partial charge in [-0.3, -0.25) is 0 Å². The largest absolute Gasteiger partial charge is 0.497 e. The van der Waals surface area contributed by atoms with Crippen LogP contribution in [0.2, 0.25) is 0 Å². The van der Waals surface area contributed by atoms with Gasteiger partial charge in [-0.2, -0.15) is 0 Å². The van der Waals surface area contributed by atoms with Crippen LogP contribution < -0.4 is 4.74 Å².